The molecule has 0 radical (unpaired) electrons. The van der Waals surface area contributed by atoms with E-state index in [2.05, 4.69) is 31.6 Å². The number of carboxylic acids is 1. The maximum atomic E-state index is 13.6. The van der Waals surface area contributed by atoms with Gasteiger partial charge in [0.15, 0.2) is 5.69 Å². The first-order valence-electron chi connectivity index (χ1n) is 6.80. The molecule has 7 nitrogen and oxygen atoms in total. The van der Waals surface area contributed by atoms with E-state index in [9.17, 15) is 14.0 Å². The molecule has 1 amide bonds. The van der Waals surface area contributed by atoms with Crippen LogP contribution in [0.4, 0.5) is 4.39 Å². The van der Waals surface area contributed by atoms with E-state index in [1.165, 1.54) is 12.3 Å². The number of carbonyl (C=O) groups excluding carboxylic acids is 1. The van der Waals surface area contributed by atoms with Crippen LogP contribution in [0.25, 0.3) is 0 Å². The Kier molecular flexibility index (Phi) is 5.80. The summed E-state index contributed by atoms with van der Waals surface area (Å²) in [5.74, 6) is -1.80. The number of halogens is 2. The van der Waals surface area contributed by atoms with E-state index in [1.807, 2.05) is 0 Å². The lowest BCUT2D eigenvalue weighted by Crippen LogP contribution is -2.29. The van der Waals surface area contributed by atoms with E-state index >= 15 is 0 Å². The van der Waals surface area contributed by atoms with Gasteiger partial charge < -0.3 is 10.4 Å². The Labute approximate surface area is 139 Å². The molecule has 9 heteroatoms. The lowest BCUT2D eigenvalue weighted by atomic mass is 10.1. The summed E-state index contributed by atoms with van der Waals surface area (Å²) in [6, 6.07) is 4.87. The van der Waals surface area contributed by atoms with Crippen molar-refractivity contribution in [2.24, 2.45) is 0 Å². The van der Waals surface area contributed by atoms with Gasteiger partial charge in [-0.15, -0.1) is 5.10 Å². The van der Waals surface area contributed by atoms with Crippen LogP contribution in [-0.4, -0.2) is 38.5 Å². The predicted octanol–water partition coefficient (Wildman–Crippen LogP) is 1.63. The molecular weight excluding hydrogens is 371 g/mol. The minimum atomic E-state index is -1.20. The number of rotatable bonds is 7. The highest BCUT2D eigenvalue weighted by Crippen LogP contribution is 2.16. The molecule has 0 aliphatic carbocycles. The first kappa shape index (κ1) is 17.1. The quantitative estimate of drug-likeness (QED) is 0.707. The van der Waals surface area contributed by atoms with E-state index < -0.39 is 5.97 Å². The minimum Gasteiger partial charge on any atom is -0.476 e. The highest BCUT2D eigenvalue weighted by atomic mass is 79.9. The molecule has 2 rings (SSSR count). The van der Waals surface area contributed by atoms with Crippen molar-refractivity contribution in [3.63, 3.8) is 0 Å². The monoisotopic (exact) mass is 384 g/mol. The third kappa shape index (κ3) is 5.13. The van der Waals surface area contributed by atoms with Crippen LogP contribution in [0.5, 0.6) is 0 Å². The fraction of sp³-hybridized carbons (Fsp3) is 0.286. The van der Waals surface area contributed by atoms with Crippen LogP contribution in [0, 0.1) is 5.82 Å². The molecule has 0 unspecified atom stereocenters. The maximum Gasteiger partial charge on any atom is 0.358 e. The Balaban J connectivity index is 1.73. The minimum absolute atomic E-state index is 0.118. The molecule has 0 aliphatic heterocycles. The highest BCUT2D eigenvalue weighted by molar-refractivity contribution is 9.10. The molecule has 1 aromatic carbocycles. The smallest absolute Gasteiger partial charge is 0.358 e. The Morgan fingerprint density at radius 2 is 2.17 bits per heavy atom. The van der Waals surface area contributed by atoms with Gasteiger partial charge in [0.05, 0.1) is 6.20 Å². The van der Waals surface area contributed by atoms with E-state index in [0.29, 0.717) is 29.4 Å². The summed E-state index contributed by atoms with van der Waals surface area (Å²) in [7, 11) is 0. The lowest BCUT2D eigenvalue weighted by molar-refractivity contribution is -0.121. The Bertz CT molecular complexity index is 720. The standard InChI is InChI=1S/C14H14BrFN4O3/c15-10-4-3-9(11(16)6-10)2-1-5-17-13(21)8-20-7-12(14(22)23)18-19-20/h3-4,6-7H,1-2,5,8H2,(H,17,21)(H,22,23). The number of hydrogen-bond donors (Lipinski definition) is 2. The molecule has 0 spiro atoms. The van der Waals surface area contributed by atoms with Crippen molar-refractivity contribution in [3.8, 4) is 0 Å². The maximum absolute atomic E-state index is 13.6. The van der Waals surface area contributed by atoms with Gasteiger partial charge >= 0.3 is 5.97 Å². The highest BCUT2D eigenvalue weighted by Gasteiger charge is 2.10. The summed E-state index contributed by atoms with van der Waals surface area (Å²) in [4.78, 5) is 22.3. The molecule has 2 aromatic rings. The number of nitrogens with one attached hydrogen (secondary N) is 1. The summed E-state index contributed by atoms with van der Waals surface area (Å²) >= 11 is 3.19. The molecule has 1 aromatic heterocycles. The number of aromatic carboxylic acids is 1. The lowest BCUT2D eigenvalue weighted by Gasteiger charge is -2.06. The van der Waals surface area contributed by atoms with Crippen molar-refractivity contribution < 1.29 is 19.1 Å². The van der Waals surface area contributed by atoms with Gasteiger partial charge in [0.1, 0.15) is 12.4 Å². The fourth-order valence-electron chi connectivity index (χ4n) is 1.91. The molecular formula is C14H14BrFN4O3. The van der Waals surface area contributed by atoms with Gasteiger partial charge in [-0.1, -0.05) is 27.2 Å². The van der Waals surface area contributed by atoms with Crippen LogP contribution in [0.15, 0.2) is 28.9 Å². The number of aryl methyl sites for hydroxylation is 1. The Morgan fingerprint density at radius 3 is 2.83 bits per heavy atom. The topological polar surface area (TPSA) is 97.1 Å². The summed E-state index contributed by atoms with van der Waals surface area (Å²) in [5.41, 5.74) is 0.369. The number of amides is 1. The van der Waals surface area contributed by atoms with Crippen molar-refractivity contribution in [3.05, 3.63) is 45.9 Å². The van der Waals surface area contributed by atoms with E-state index in [0.717, 1.165) is 4.68 Å². The first-order chi connectivity index (χ1) is 11.0. The summed E-state index contributed by atoms with van der Waals surface area (Å²) in [5, 5.41) is 18.3. The molecule has 1 heterocycles. The van der Waals surface area contributed by atoms with Gasteiger partial charge in [0.25, 0.3) is 0 Å². The summed E-state index contributed by atoms with van der Waals surface area (Å²) in [6.07, 6.45) is 2.27. The zero-order valence-electron chi connectivity index (χ0n) is 12.0. The molecule has 0 saturated carbocycles. The van der Waals surface area contributed by atoms with Crippen LogP contribution in [0.2, 0.25) is 0 Å². The number of carbonyl (C=O) groups is 2. The van der Waals surface area contributed by atoms with E-state index in [1.54, 1.807) is 12.1 Å². The van der Waals surface area contributed by atoms with Crippen LogP contribution in [-0.2, 0) is 17.8 Å². The third-order valence-corrected chi connectivity index (χ3v) is 3.52. The molecule has 122 valence electrons. The van der Waals surface area contributed by atoms with Crippen LogP contribution in [0.1, 0.15) is 22.5 Å². The SMILES string of the molecule is O=C(Cn1cc(C(=O)O)nn1)NCCCc1ccc(Br)cc1F. The Hall–Kier alpha value is -2.29. The van der Waals surface area contributed by atoms with Crippen LogP contribution < -0.4 is 5.32 Å². The van der Waals surface area contributed by atoms with Crippen molar-refractivity contribution in [1.29, 1.82) is 0 Å². The van der Waals surface area contributed by atoms with Crippen molar-refractivity contribution in [2.75, 3.05) is 6.54 Å². The Morgan fingerprint density at radius 1 is 1.39 bits per heavy atom. The van der Waals surface area contributed by atoms with Crippen LogP contribution >= 0.6 is 15.9 Å². The van der Waals surface area contributed by atoms with E-state index in [-0.39, 0.29) is 24.0 Å². The first-order valence-corrected chi connectivity index (χ1v) is 7.59. The van der Waals surface area contributed by atoms with Crippen molar-refractivity contribution in [2.45, 2.75) is 19.4 Å². The molecule has 0 bridgehead atoms. The fourth-order valence-corrected chi connectivity index (χ4v) is 2.24. The molecule has 0 atom stereocenters. The van der Waals surface area contributed by atoms with Gasteiger partial charge in [0, 0.05) is 11.0 Å². The van der Waals surface area contributed by atoms with Gasteiger partial charge in [-0.3, -0.25) is 4.79 Å². The third-order valence-electron chi connectivity index (χ3n) is 3.02. The van der Waals surface area contributed by atoms with Gasteiger partial charge in [0.2, 0.25) is 5.91 Å². The average molecular weight is 385 g/mol. The number of hydrogen-bond acceptors (Lipinski definition) is 4. The molecule has 0 saturated heterocycles. The number of benzene rings is 1. The summed E-state index contributed by atoms with van der Waals surface area (Å²) in [6.45, 7) is 0.266. The molecule has 23 heavy (non-hydrogen) atoms. The largest absolute Gasteiger partial charge is 0.476 e. The zero-order valence-corrected chi connectivity index (χ0v) is 13.6. The van der Waals surface area contributed by atoms with Gasteiger partial charge in [-0.05, 0) is 30.5 Å². The molecule has 0 fully saturated rings. The summed E-state index contributed by atoms with van der Waals surface area (Å²) < 4.78 is 15.4. The number of nitrogens with zero attached hydrogens (tertiary/aromatic N) is 3. The number of carboxylic acid groups (broad SMARTS) is 1. The number of aromatic nitrogens is 3. The predicted molar refractivity (Wildman–Crippen MR) is 82.4 cm³/mol. The average Bonchev–Trinajstić information content (AvgIpc) is 2.94. The van der Waals surface area contributed by atoms with Gasteiger partial charge in [-0.25, -0.2) is 13.9 Å². The molecule has 0 aliphatic rings. The second-order valence-corrected chi connectivity index (χ2v) is 5.71. The van der Waals surface area contributed by atoms with Crippen molar-refractivity contribution in [1.82, 2.24) is 20.3 Å². The van der Waals surface area contributed by atoms with Gasteiger partial charge in [-0.2, -0.15) is 0 Å². The van der Waals surface area contributed by atoms with Crippen LogP contribution in [0.3, 0.4) is 0 Å². The van der Waals surface area contributed by atoms with E-state index in [4.69, 9.17) is 5.11 Å². The second-order valence-electron chi connectivity index (χ2n) is 4.80. The normalized spacial score (nSPS) is 10.5. The zero-order chi connectivity index (χ0) is 16.8. The van der Waals surface area contributed by atoms with Crippen molar-refractivity contribution >= 4 is 27.8 Å². The second kappa shape index (κ2) is 7.82. The molecule has 2 N–H and O–H groups in total.